The lowest BCUT2D eigenvalue weighted by atomic mass is 9.95. The summed E-state index contributed by atoms with van der Waals surface area (Å²) in [6, 6.07) is 46.4. The van der Waals surface area contributed by atoms with Gasteiger partial charge in [-0.3, -0.25) is 9.97 Å². The van der Waals surface area contributed by atoms with Crippen LogP contribution in [0.3, 0.4) is 0 Å². The molecule has 8 aromatic rings. The van der Waals surface area contributed by atoms with Gasteiger partial charge in [0.25, 0.3) is 0 Å². The molecule has 0 aliphatic heterocycles. The fraction of sp³-hybridized carbons (Fsp3) is 0. The van der Waals surface area contributed by atoms with E-state index in [0.29, 0.717) is 5.82 Å². The minimum Gasteiger partial charge on any atom is -0.264 e. The van der Waals surface area contributed by atoms with Crippen molar-refractivity contribution in [3.05, 3.63) is 158 Å². The van der Waals surface area contributed by atoms with Crippen molar-refractivity contribution in [2.75, 3.05) is 0 Å². The number of aromatic nitrogens is 4. The highest BCUT2D eigenvalue weighted by Gasteiger charge is 2.16. The number of hydrogen-bond acceptors (Lipinski definition) is 4. The van der Waals surface area contributed by atoms with Gasteiger partial charge in [0.2, 0.25) is 0 Å². The Labute approximate surface area is 255 Å². The van der Waals surface area contributed by atoms with Gasteiger partial charge in [-0.1, -0.05) is 97.1 Å². The van der Waals surface area contributed by atoms with Crippen molar-refractivity contribution in [2.24, 2.45) is 0 Å². The largest absolute Gasteiger partial charge is 0.264 e. The molecule has 0 aliphatic carbocycles. The molecule has 4 nitrogen and oxygen atoms in total. The molecule has 44 heavy (non-hydrogen) atoms. The Morgan fingerprint density at radius 1 is 0.364 bits per heavy atom. The SMILES string of the molecule is c1cncc(-c2cc(-c3cccnc3)cc(-c3cc(-c4cccc5ccccc45)nc(-c4cccc5ccccc45)n3)c2)c1. The van der Waals surface area contributed by atoms with E-state index in [4.69, 9.17) is 9.97 Å². The van der Waals surface area contributed by atoms with Crippen LogP contribution >= 0.6 is 0 Å². The minimum absolute atomic E-state index is 0.692. The van der Waals surface area contributed by atoms with Gasteiger partial charge >= 0.3 is 0 Å². The summed E-state index contributed by atoms with van der Waals surface area (Å²) in [7, 11) is 0. The van der Waals surface area contributed by atoms with E-state index in [9.17, 15) is 0 Å². The van der Waals surface area contributed by atoms with Gasteiger partial charge < -0.3 is 0 Å². The fourth-order valence-corrected chi connectivity index (χ4v) is 5.90. The first-order valence-electron chi connectivity index (χ1n) is 14.6. The molecule has 0 saturated carbocycles. The smallest absolute Gasteiger partial charge is 0.161 e. The van der Waals surface area contributed by atoms with Gasteiger partial charge in [0.05, 0.1) is 11.4 Å². The number of rotatable bonds is 5. The lowest BCUT2D eigenvalue weighted by molar-refractivity contribution is 1.19. The number of fused-ring (bicyclic) bond motifs is 2. The summed E-state index contributed by atoms with van der Waals surface area (Å²) in [5.74, 6) is 0.692. The number of benzene rings is 5. The topological polar surface area (TPSA) is 51.6 Å². The highest BCUT2D eigenvalue weighted by Crippen LogP contribution is 2.36. The first-order chi connectivity index (χ1) is 21.8. The number of nitrogens with zero attached hydrogens (tertiary/aromatic N) is 4. The highest BCUT2D eigenvalue weighted by atomic mass is 14.9. The van der Waals surface area contributed by atoms with Crippen LogP contribution in [-0.2, 0) is 0 Å². The Kier molecular flexibility index (Phi) is 6.43. The molecule has 5 aromatic carbocycles. The van der Waals surface area contributed by atoms with Gasteiger partial charge in [0, 0.05) is 52.6 Å². The van der Waals surface area contributed by atoms with Crippen molar-refractivity contribution in [3.63, 3.8) is 0 Å². The lowest BCUT2D eigenvalue weighted by Gasteiger charge is -2.14. The van der Waals surface area contributed by atoms with Gasteiger partial charge in [-0.2, -0.15) is 0 Å². The van der Waals surface area contributed by atoms with Crippen LogP contribution in [0.25, 0.3) is 77.7 Å². The van der Waals surface area contributed by atoms with Crippen molar-refractivity contribution in [1.82, 2.24) is 19.9 Å². The van der Waals surface area contributed by atoms with Gasteiger partial charge in [-0.25, -0.2) is 9.97 Å². The first kappa shape index (κ1) is 25.7. The zero-order valence-corrected chi connectivity index (χ0v) is 23.8. The molecule has 0 saturated heterocycles. The predicted molar refractivity (Wildman–Crippen MR) is 180 cm³/mol. The molecule has 0 spiro atoms. The molecule has 0 fully saturated rings. The molecule has 0 amide bonds. The monoisotopic (exact) mass is 562 g/mol. The summed E-state index contributed by atoms with van der Waals surface area (Å²) in [6.07, 6.45) is 7.39. The lowest BCUT2D eigenvalue weighted by Crippen LogP contribution is -1.97. The van der Waals surface area contributed by atoms with Crippen molar-refractivity contribution in [1.29, 1.82) is 0 Å². The van der Waals surface area contributed by atoms with Gasteiger partial charge in [-0.05, 0) is 69.1 Å². The predicted octanol–water partition coefficient (Wildman–Crippen LogP) is 9.91. The van der Waals surface area contributed by atoms with Crippen LogP contribution in [0.1, 0.15) is 0 Å². The van der Waals surface area contributed by atoms with Crippen LogP contribution in [-0.4, -0.2) is 19.9 Å². The van der Waals surface area contributed by atoms with Crippen molar-refractivity contribution in [2.45, 2.75) is 0 Å². The maximum atomic E-state index is 5.26. The molecule has 3 aromatic heterocycles. The quantitative estimate of drug-likeness (QED) is 0.209. The average molecular weight is 563 g/mol. The summed E-state index contributed by atoms with van der Waals surface area (Å²) in [6.45, 7) is 0. The minimum atomic E-state index is 0.692. The van der Waals surface area contributed by atoms with Gasteiger partial charge in [-0.15, -0.1) is 0 Å². The molecule has 0 N–H and O–H groups in total. The summed E-state index contributed by atoms with van der Waals surface area (Å²) in [5, 5.41) is 4.61. The number of hydrogen-bond donors (Lipinski definition) is 0. The second-order valence-corrected chi connectivity index (χ2v) is 10.8. The van der Waals surface area contributed by atoms with E-state index in [2.05, 4.69) is 131 Å². The Bertz CT molecular complexity index is 2110. The van der Waals surface area contributed by atoms with E-state index in [0.717, 1.165) is 66.5 Å². The standard InChI is InChI=1S/C40H26N4/c1-3-15-34-27(9-1)11-5-17-36(34)39-24-38(43-40(44-39)37-18-6-12-28-10-2-4-16-35(28)37)33-22-31(29-13-7-19-41-25-29)21-32(23-33)30-14-8-20-42-26-30/h1-26H. The summed E-state index contributed by atoms with van der Waals surface area (Å²) in [4.78, 5) is 19.3. The summed E-state index contributed by atoms with van der Waals surface area (Å²) < 4.78 is 0. The molecule has 3 heterocycles. The third kappa shape index (κ3) is 4.79. The van der Waals surface area contributed by atoms with Crippen LogP contribution in [0, 0.1) is 0 Å². The first-order valence-corrected chi connectivity index (χ1v) is 14.6. The maximum Gasteiger partial charge on any atom is 0.161 e. The highest BCUT2D eigenvalue weighted by molar-refractivity contribution is 5.98. The van der Waals surface area contributed by atoms with Crippen LogP contribution < -0.4 is 0 Å². The van der Waals surface area contributed by atoms with Gasteiger partial charge in [0.1, 0.15) is 0 Å². The summed E-state index contributed by atoms with van der Waals surface area (Å²) in [5.41, 5.74) is 9.00. The zero-order valence-electron chi connectivity index (χ0n) is 23.8. The normalized spacial score (nSPS) is 11.2. The van der Waals surface area contributed by atoms with E-state index in [1.807, 2.05) is 24.5 Å². The third-order valence-electron chi connectivity index (χ3n) is 8.04. The van der Waals surface area contributed by atoms with E-state index < -0.39 is 0 Å². The maximum absolute atomic E-state index is 5.26. The van der Waals surface area contributed by atoms with Crippen LogP contribution in [0.4, 0.5) is 0 Å². The van der Waals surface area contributed by atoms with Crippen LogP contribution in [0.2, 0.25) is 0 Å². The molecule has 0 unspecified atom stereocenters. The second kappa shape index (κ2) is 11.0. The molecule has 0 aliphatic rings. The third-order valence-corrected chi connectivity index (χ3v) is 8.04. The van der Waals surface area contributed by atoms with Crippen molar-refractivity contribution in [3.8, 4) is 56.2 Å². The molecular formula is C40H26N4. The Morgan fingerprint density at radius 3 is 1.50 bits per heavy atom. The van der Waals surface area contributed by atoms with Crippen LogP contribution in [0.15, 0.2) is 158 Å². The van der Waals surface area contributed by atoms with E-state index >= 15 is 0 Å². The molecule has 0 atom stereocenters. The second-order valence-electron chi connectivity index (χ2n) is 10.8. The Morgan fingerprint density at radius 2 is 0.886 bits per heavy atom. The Balaban J connectivity index is 1.41. The number of pyridine rings is 2. The molecule has 0 bridgehead atoms. The molecular weight excluding hydrogens is 536 g/mol. The van der Waals surface area contributed by atoms with Gasteiger partial charge in [0.15, 0.2) is 5.82 Å². The molecule has 206 valence electrons. The van der Waals surface area contributed by atoms with E-state index in [1.54, 1.807) is 12.4 Å². The van der Waals surface area contributed by atoms with Crippen molar-refractivity contribution >= 4 is 21.5 Å². The zero-order chi connectivity index (χ0) is 29.3. The molecule has 0 radical (unpaired) electrons. The fourth-order valence-electron chi connectivity index (χ4n) is 5.90. The molecule has 8 rings (SSSR count). The van der Waals surface area contributed by atoms with Crippen LogP contribution in [0.5, 0.6) is 0 Å². The van der Waals surface area contributed by atoms with Crippen molar-refractivity contribution < 1.29 is 0 Å². The average Bonchev–Trinajstić information content (AvgIpc) is 3.11. The molecule has 4 heteroatoms. The Hall–Kier alpha value is -6.00. The van der Waals surface area contributed by atoms with E-state index in [-0.39, 0.29) is 0 Å². The summed E-state index contributed by atoms with van der Waals surface area (Å²) >= 11 is 0. The van der Waals surface area contributed by atoms with E-state index in [1.165, 1.54) is 5.39 Å².